The lowest BCUT2D eigenvalue weighted by atomic mass is 10.1. The van der Waals surface area contributed by atoms with Crippen molar-refractivity contribution in [1.82, 2.24) is 9.97 Å². The molecule has 2 aromatic rings. The van der Waals surface area contributed by atoms with E-state index in [1.54, 1.807) is 12.1 Å². The highest BCUT2D eigenvalue weighted by atomic mass is 35.5. The van der Waals surface area contributed by atoms with E-state index in [0.717, 1.165) is 5.56 Å². The van der Waals surface area contributed by atoms with E-state index in [1.165, 1.54) is 18.6 Å². The highest BCUT2D eigenvalue weighted by Gasteiger charge is 2.14. The van der Waals surface area contributed by atoms with Crippen LogP contribution >= 0.6 is 11.6 Å². The highest BCUT2D eigenvalue weighted by Crippen LogP contribution is 2.29. The number of rotatable bonds is 3. The normalized spacial score (nSPS) is 10.1. The molecule has 0 saturated carbocycles. The van der Waals surface area contributed by atoms with Gasteiger partial charge >= 0.3 is 5.97 Å². The number of aryl methyl sites for hydroxylation is 1. The van der Waals surface area contributed by atoms with Gasteiger partial charge in [0.25, 0.3) is 0 Å². The van der Waals surface area contributed by atoms with Crippen molar-refractivity contribution in [3.05, 3.63) is 46.9 Å². The number of carbonyl (C=O) groups is 1. The summed E-state index contributed by atoms with van der Waals surface area (Å²) in [6, 6.07) is 4.78. The van der Waals surface area contributed by atoms with Gasteiger partial charge in [-0.05, 0) is 24.6 Å². The first-order valence-electron chi connectivity index (χ1n) is 5.05. The minimum absolute atomic E-state index is 0.0512. The third-order valence-corrected chi connectivity index (χ3v) is 2.47. The zero-order chi connectivity index (χ0) is 13.1. The number of aromatic nitrogens is 2. The number of ether oxygens (including phenoxy) is 1. The SMILES string of the molecule is Cc1ccc(C(=O)O)c(Oc2ncncc2Cl)c1. The van der Waals surface area contributed by atoms with Gasteiger partial charge in [0, 0.05) is 0 Å². The van der Waals surface area contributed by atoms with Crippen LogP contribution in [0.25, 0.3) is 0 Å². The average molecular weight is 265 g/mol. The lowest BCUT2D eigenvalue weighted by molar-refractivity contribution is 0.0694. The largest absolute Gasteiger partial charge is 0.478 e. The van der Waals surface area contributed by atoms with Gasteiger partial charge in [0.05, 0.1) is 6.20 Å². The van der Waals surface area contributed by atoms with Crippen LogP contribution < -0.4 is 4.74 Å². The van der Waals surface area contributed by atoms with Crippen molar-refractivity contribution >= 4 is 17.6 Å². The fourth-order valence-corrected chi connectivity index (χ4v) is 1.52. The Morgan fingerprint density at radius 3 is 2.89 bits per heavy atom. The maximum absolute atomic E-state index is 11.1. The summed E-state index contributed by atoms with van der Waals surface area (Å²) in [5.41, 5.74) is 0.926. The van der Waals surface area contributed by atoms with Gasteiger partial charge in [-0.25, -0.2) is 14.8 Å². The third kappa shape index (κ3) is 2.57. The fourth-order valence-electron chi connectivity index (χ4n) is 1.37. The first-order chi connectivity index (χ1) is 8.58. The van der Waals surface area contributed by atoms with Crippen LogP contribution in [0.15, 0.2) is 30.7 Å². The summed E-state index contributed by atoms with van der Waals surface area (Å²) < 4.78 is 5.42. The molecule has 0 fully saturated rings. The molecule has 5 nitrogen and oxygen atoms in total. The molecule has 18 heavy (non-hydrogen) atoms. The van der Waals surface area contributed by atoms with Gasteiger partial charge in [-0.1, -0.05) is 17.7 Å². The summed E-state index contributed by atoms with van der Waals surface area (Å²) in [4.78, 5) is 18.6. The quantitative estimate of drug-likeness (QED) is 0.923. The van der Waals surface area contributed by atoms with Gasteiger partial charge < -0.3 is 9.84 Å². The Morgan fingerprint density at radius 1 is 1.44 bits per heavy atom. The van der Waals surface area contributed by atoms with Crippen molar-refractivity contribution in [2.24, 2.45) is 0 Å². The number of halogens is 1. The molecule has 2 rings (SSSR count). The van der Waals surface area contributed by atoms with Crippen LogP contribution in [0, 0.1) is 6.92 Å². The van der Waals surface area contributed by atoms with Gasteiger partial charge in [-0.15, -0.1) is 0 Å². The Morgan fingerprint density at radius 2 is 2.22 bits per heavy atom. The van der Waals surface area contributed by atoms with E-state index in [1.807, 2.05) is 6.92 Å². The summed E-state index contributed by atoms with van der Waals surface area (Å²) in [5.74, 6) is -0.752. The number of hydrogen-bond donors (Lipinski definition) is 1. The van der Waals surface area contributed by atoms with Crippen LogP contribution in [0.2, 0.25) is 5.02 Å². The minimum Gasteiger partial charge on any atom is -0.478 e. The molecule has 0 aliphatic heterocycles. The van der Waals surface area contributed by atoms with E-state index in [2.05, 4.69) is 9.97 Å². The molecule has 1 aromatic heterocycles. The van der Waals surface area contributed by atoms with Crippen molar-refractivity contribution in [3.63, 3.8) is 0 Å². The number of carboxylic acid groups (broad SMARTS) is 1. The highest BCUT2D eigenvalue weighted by molar-refractivity contribution is 6.31. The second-order valence-electron chi connectivity index (χ2n) is 3.58. The molecule has 6 heteroatoms. The first kappa shape index (κ1) is 12.3. The molecular weight excluding hydrogens is 256 g/mol. The predicted molar refractivity (Wildman–Crippen MR) is 65.3 cm³/mol. The second-order valence-corrected chi connectivity index (χ2v) is 3.99. The Balaban J connectivity index is 2.42. The Labute approximate surface area is 108 Å². The van der Waals surface area contributed by atoms with E-state index in [4.69, 9.17) is 21.4 Å². The van der Waals surface area contributed by atoms with E-state index < -0.39 is 5.97 Å². The second kappa shape index (κ2) is 5.01. The molecule has 0 saturated heterocycles. The van der Waals surface area contributed by atoms with Crippen molar-refractivity contribution in [2.45, 2.75) is 6.92 Å². The summed E-state index contributed by atoms with van der Waals surface area (Å²) in [6.45, 7) is 1.83. The summed E-state index contributed by atoms with van der Waals surface area (Å²) in [7, 11) is 0. The number of aromatic carboxylic acids is 1. The number of benzene rings is 1. The number of hydrogen-bond acceptors (Lipinski definition) is 4. The van der Waals surface area contributed by atoms with Crippen LogP contribution in [-0.4, -0.2) is 21.0 Å². The molecule has 1 aromatic carbocycles. The van der Waals surface area contributed by atoms with E-state index >= 15 is 0 Å². The summed E-state index contributed by atoms with van der Waals surface area (Å²) >= 11 is 5.85. The topological polar surface area (TPSA) is 72.3 Å². The predicted octanol–water partition coefficient (Wildman–Crippen LogP) is 2.93. The van der Waals surface area contributed by atoms with E-state index in [0.29, 0.717) is 0 Å². The molecule has 0 spiro atoms. The van der Waals surface area contributed by atoms with Gasteiger partial charge in [-0.2, -0.15) is 0 Å². The molecule has 0 aliphatic rings. The Hall–Kier alpha value is -2.14. The molecule has 0 aliphatic carbocycles. The zero-order valence-corrected chi connectivity index (χ0v) is 10.2. The lowest BCUT2D eigenvalue weighted by Gasteiger charge is -2.09. The van der Waals surface area contributed by atoms with Gasteiger partial charge in [0.15, 0.2) is 0 Å². The molecule has 0 radical (unpaired) electrons. The minimum atomic E-state index is -1.07. The van der Waals surface area contributed by atoms with E-state index in [9.17, 15) is 4.79 Å². The zero-order valence-electron chi connectivity index (χ0n) is 9.42. The Bertz CT molecular complexity index is 602. The van der Waals surface area contributed by atoms with Gasteiger partial charge in [0.1, 0.15) is 22.7 Å². The maximum atomic E-state index is 11.1. The molecular formula is C12H9ClN2O3. The van der Waals surface area contributed by atoms with Crippen LogP contribution in [0.4, 0.5) is 0 Å². The lowest BCUT2D eigenvalue weighted by Crippen LogP contribution is -2.01. The van der Waals surface area contributed by atoms with Crippen LogP contribution in [0.5, 0.6) is 11.6 Å². The fraction of sp³-hybridized carbons (Fsp3) is 0.0833. The number of carboxylic acids is 1. The Kier molecular flexibility index (Phi) is 3.43. The molecule has 0 amide bonds. The van der Waals surface area contributed by atoms with Crippen LogP contribution in [-0.2, 0) is 0 Å². The van der Waals surface area contributed by atoms with Gasteiger partial charge in [0.2, 0.25) is 5.88 Å². The monoisotopic (exact) mass is 264 g/mol. The van der Waals surface area contributed by atoms with Gasteiger partial charge in [-0.3, -0.25) is 0 Å². The van der Waals surface area contributed by atoms with Crippen LogP contribution in [0.1, 0.15) is 15.9 Å². The third-order valence-electron chi connectivity index (χ3n) is 2.21. The van der Waals surface area contributed by atoms with Crippen molar-refractivity contribution in [2.75, 3.05) is 0 Å². The molecule has 1 N–H and O–H groups in total. The average Bonchev–Trinajstić information content (AvgIpc) is 2.32. The molecule has 0 atom stereocenters. The molecule has 1 heterocycles. The van der Waals surface area contributed by atoms with Crippen molar-refractivity contribution in [3.8, 4) is 11.6 Å². The molecule has 0 unspecified atom stereocenters. The first-order valence-corrected chi connectivity index (χ1v) is 5.43. The van der Waals surface area contributed by atoms with E-state index in [-0.39, 0.29) is 22.2 Å². The standard InChI is InChI=1S/C12H9ClN2O3/c1-7-2-3-8(12(16)17)10(4-7)18-11-9(13)5-14-6-15-11/h2-6H,1H3,(H,16,17). The maximum Gasteiger partial charge on any atom is 0.339 e. The molecule has 0 bridgehead atoms. The smallest absolute Gasteiger partial charge is 0.339 e. The number of nitrogens with zero attached hydrogens (tertiary/aromatic N) is 2. The molecule has 92 valence electrons. The summed E-state index contributed by atoms with van der Waals surface area (Å²) in [5, 5.41) is 9.28. The van der Waals surface area contributed by atoms with Crippen LogP contribution in [0.3, 0.4) is 0 Å². The van der Waals surface area contributed by atoms with Crippen molar-refractivity contribution in [1.29, 1.82) is 0 Å². The summed E-state index contributed by atoms with van der Waals surface area (Å²) in [6.07, 6.45) is 2.65. The van der Waals surface area contributed by atoms with Crippen molar-refractivity contribution < 1.29 is 14.6 Å².